The van der Waals surface area contributed by atoms with Gasteiger partial charge in [0, 0.05) is 28.1 Å². The lowest BCUT2D eigenvalue weighted by atomic mass is 10.3. The molecule has 0 aliphatic rings. The van der Waals surface area contributed by atoms with Crippen LogP contribution in [0.2, 0.25) is 5.02 Å². The third-order valence-electron chi connectivity index (χ3n) is 2.12. The molecule has 0 amide bonds. The van der Waals surface area contributed by atoms with E-state index in [1.54, 1.807) is 12.3 Å². The molecule has 0 saturated carbocycles. The standard InChI is InChI=1S/C11H10BrClN4/c12-9-2-1-7(5-10(9)13)16-8-3-4-15-11(6-8)17-14/h1-6H,14H2,(H2,15,16,17). The van der Waals surface area contributed by atoms with Crippen LogP contribution in [0.1, 0.15) is 0 Å². The molecule has 1 heterocycles. The second-order valence-corrected chi connectivity index (χ2v) is 4.59. The van der Waals surface area contributed by atoms with Gasteiger partial charge in [-0.25, -0.2) is 10.8 Å². The monoisotopic (exact) mass is 312 g/mol. The average molecular weight is 314 g/mol. The van der Waals surface area contributed by atoms with Crippen LogP contribution < -0.4 is 16.6 Å². The Morgan fingerprint density at radius 2 is 1.94 bits per heavy atom. The number of halogens is 2. The molecule has 0 atom stereocenters. The van der Waals surface area contributed by atoms with Gasteiger partial charge in [-0.2, -0.15) is 0 Å². The number of hydrazine groups is 1. The number of hydrogen-bond acceptors (Lipinski definition) is 4. The normalized spacial score (nSPS) is 10.1. The summed E-state index contributed by atoms with van der Waals surface area (Å²) in [6.45, 7) is 0. The minimum atomic E-state index is 0.596. The van der Waals surface area contributed by atoms with Crippen LogP contribution in [0, 0.1) is 0 Å². The topological polar surface area (TPSA) is 63.0 Å². The summed E-state index contributed by atoms with van der Waals surface area (Å²) in [6.07, 6.45) is 1.66. The Kier molecular flexibility index (Phi) is 3.83. The third kappa shape index (κ3) is 3.09. The molecule has 17 heavy (non-hydrogen) atoms. The molecule has 1 aromatic heterocycles. The van der Waals surface area contributed by atoms with Crippen molar-refractivity contribution in [2.75, 3.05) is 10.7 Å². The summed E-state index contributed by atoms with van der Waals surface area (Å²) in [5.41, 5.74) is 4.27. The first-order valence-corrected chi connectivity index (χ1v) is 6.01. The lowest BCUT2D eigenvalue weighted by molar-refractivity contribution is 1.23. The number of benzene rings is 1. The number of rotatable bonds is 3. The van der Waals surface area contributed by atoms with Gasteiger partial charge in [0.05, 0.1) is 5.02 Å². The number of nitrogens with one attached hydrogen (secondary N) is 2. The van der Waals surface area contributed by atoms with Crippen LogP contribution in [0.15, 0.2) is 41.0 Å². The Labute approximate surface area is 112 Å². The summed E-state index contributed by atoms with van der Waals surface area (Å²) in [7, 11) is 0. The molecule has 0 aliphatic carbocycles. The number of pyridine rings is 1. The van der Waals surface area contributed by atoms with Gasteiger partial charge in [0.1, 0.15) is 5.82 Å². The lowest BCUT2D eigenvalue weighted by Gasteiger charge is -2.08. The highest BCUT2D eigenvalue weighted by Gasteiger charge is 2.00. The van der Waals surface area contributed by atoms with E-state index in [9.17, 15) is 0 Å². The van der Waals surface area contributed by atoms with Gasteiger partial charge in [0.25, 0.3) is 0 Å². The highest BCUT2D eigenvalue weighted by molar-refractivity contribution is 9.10. The van der Waals surface area contributed by atoms with Crippen LogP contribution in [0.3, 0.4) is 0 Å². The van der Waals surface area contributed by atoms with Crippen LogP contribution in [0.25, 0.3) is 0 Å². The van der Waals surface area contributed by atoms with E-state index < -0.39 is 0 Å². The second kappa shape index (κ2) is 5.35. The zero-order valence-corrected chi connectivity index (χ0v) is 11.1. The van der Waals surface area contributed by atoms with Crippen molar-refractivity contribution >= 4 is 44.7 Å². The van der Waals surface area contributed by atoms with Gasteiger partial charge in [-0.1, -0.05) is 11.6 Å². The van der Waals surface area contributed by atoms with Crippen molar-refractivity contribution in [3.8, 4) is 0 Å². The molecular weight excluding hydrogens is 304 g/mol. The maximum atomic E-state index is 6.01. The summed E-state index contributed by atoms with van der Waals surface area (Å²) >= 11 is 9.35. The minimum absolute atomic E-state index is 0.596. The van der Waals surface area contributed by atoms with Gasteiger partial charge in [-0.3, -0.25) is 0 Å². The smallest absolute Gasteiger partial charge is 0.141 e. The number of nitrogens with two attached hydrogens (primary N) is 1. The number of anilines is 3. The molecule has 4 N–H and O–H groups in total. The quantitative estimate of drug-likeness (QED) is 0.599. The fourth-order valence-electron chi connectivity index (χ4n) is 1.33. The van der Waals surface area contributed by atoms with E-state index in [2.05, 4.69) is 31.7 Å². The molecule has 0 unspecified atom stereocenters. The van der Waals surface area contributed by atoms with Crippen LogP contribution >= 0.6 is 27.5 Å². The van der Waals surface area contributed by atoms with Gasteiger partial charge < -0.3 is 10.7 Å². The Balaban J connectivity index is 2.22. The second-order valence-electron chi connectivity index (χ2n) is 3.33. The summed E-state index contributed by atoms with van der Waals surface area (Å²) < 4.78 is 0.865. The molecule has 0 saturated heterocycles. The first-order valence-electron chi connectivity index (χ1n) is 4.84. The maximum absolute atomic E-state index is 6.01. The molecule has 1 aromatic carbocycles. The van der Waals surface area contributed by atoms with Gasteiger partial charge in [0.15, 0.2) is 0 Å². The molecule has 2 aromatic rings. The van der Waals surface area contributed by atoms with Gasteiger partial charge in [-0.05, 0) is 40.2 Å². The van der Waals surface area contributed by atoms with Crippen LogP contribution in [-0.4, -0.2) is 4.98 Å². The third-order valence-corrected chi connectivity index (χ3v) is 3.35. The van der Waals surface area contributed by atoms with Crippen molar-refractivity contribution in [3.05, 3.63) is 46.0 Å². The minimum Gasteiger partial charge on any atom is -0.355 e. The molecule has 6 heteroatoms. The lowest BCUT2D eigenvalue weighted by Crippen LogP contribution is -2.08. The maximum Gasteiger partial charge on any atom is 0.141 e. The molecule has 0 fully saturated rings. The Bertz CT molecular complexity index is 533. The first-order chi connectivity index (χ1) is 8.19. The Hall–Kier alpha value is -1.30. The van der Waals surface area contributed by atoms with E-state index in [1.807, 2.05) is 24.3 Å². The Morgan fingerprint density at radius 1 is 1.18 bits per heavy atom. The van der Waals surface area contributed by atoms with Crippen LogP contribution in [-0.2, 0) is 0 Å². The fraction of sp³-hybridized carbons (Fsp3) is 0. The van der Waals surface area contributed by atoms with Gasteiger partial charge in [-0.15, -0.1) is 0 Å². The van der Waals surface area contributed by atoms with Crippen molar-refractivity contribution in [2.24, 2.45) is 5.84 Å². The fourth-order valence-corrected chi connectivity index (χ4v) is 1.75. The first kappa shape index (κ1) is 12.2. The highest BCUT2D eigenvalue weighted by atomic mass is 79.9. The van der Waals surface area contributed by atoms with Crippen molar-refractivity contribution in [1.29, 1.82) is 0 Å². The number of hydrogen-bond donors (Lipinski definition) is 3. The van der Waals surface area contributed by atoms with Crippen molar-refractivity contribution < 1.29 is 0 Å². The summed E-state index contributed by atoms with van der Waals surface area (Å²) in [4.78, 5) is 4.02. The molecule has 4 nitrogen and oxygen atoms in total. The molecular formula is C11H10BrClN4. The summed E-state index contributed by atoms with van der Waals surface area (Å²) in [5.74, 6) is 5.88. The van der Waals surface area contributed by atoms with Crippen LogP contribution in [0.5, 0.6) is 0 Å². The molecule has 88 valence electrons. The zero-order valence-electron chi connectivity index (χ0n) is 8.74. The van der Waals surface area contributed by atoms with Gasteiger partial charge in [0.2, 0.25) is 0 Å². The molecule has 0 aliphatic heterocycles. The van der Waals surface area contributed by atoms with Crippen LogP contribution in [0.4, 0.5) is 17.2 Å². The predicted octanol–water partition coefficient (Wildman–Crippen LogP) is 3.53. The SMILES string of the molecule is NNc1cc(Nc2ccc(Br)c(Cl)c2)ccn1. The van der Waals surface area contributed by atoms with E-state index in [0.29, 0.717) is 10.8 Å². The van der Waals surface area contributed by atoms with E-state index in [-0.39, 0.29) is 0 Å². The number of aromatic nitrogens is 1. The Morgan fingerprint density at radius 3 is 2.65 bits per heavy atom. The number of nitrogen functional groups attached to an aromatic ring is 1. The molecule has 0 bridgehead atoms. The zero-order chi connectivity index (χ0) is 12.3. The largest absolute Gasteiger partial charge is 0.355 e. The summed E-state index contributed by atoms with van der Waals surface area (Å²) in [6, 6.07) is 9.29. The molecule has 2 rings (SSSR count). The summed E-state index contributed by atoms with van der Waals surface area (Å²) in [5, 5.41) is 3.86. The molecule has 0 spiro atoms. The van der Waals surface area contributed by atoms with E-state index >= 15 is 0 Å². The van der Waals surface area contributed by atoms with Crippen molar-refractivity contribution in [3.63, 3.8) is 0 Å². The molecule has 0 radical (unpaired) electrons. The number of nitrogens with zero attached hydrogens (tertiary/aromatic N) is 1. The van der Waals surface area contributed by atoms with Gasteiger partial charge >= 0.3 is 0 Å². The average Bonchev–Trinajstić information content (AvgIpc) is 2.34. The predicted molar refractivity (Wildman–Crippen MR) is 74.5 cm³/mol. The van der Waals surface area contributed by atoms with Crippen molar-refractivity contribution in [1.82, 2.24) is 4.98 Å². The van der Waals surface area contributed by atoms with E-state index in [0.717, 1.165) is 15.8 Å². The van der Waals surface area contributed by atoms with E-state index in [4.69, 9.17) is 17.4 Å². The van der Waals surface area contributed by atoms with E-state index in [1.165, 1.54) is 0 Å². The van der Waals surface area contributed by atoms with Crippen molar-refractivity contribution in [2.45, 2.75) is 0 Å². The highest BCUT2D eigenvalue weighted by Crippen LogP contribution is 2.27.